The first-order chi connectivity index (χ1) is 6.68. The van der Waals surface area contributed by atoms with Gasteiger partial charge in [-0.15, -0.1) is 12.4 Å². The van der Waals surface area contributed by atoms with E-state index in [1.165, 1.54) is 0 Å². The predicted molar refractivity (Wildman–Crippen MR) is 54.7 cm³/mol. The maximum atomic E-state index is 10.4. The van der Waals surface area contributed by atoms with Crippen molar-refractivity contribution in [3.63, 3.8) is 0 Å². The molecule has 2 saturated heterocycles. The fourth-order valence-corrected chi connectivity index (χ4v) is 2.55. The molecule has 2 bridgehead atoms. The van der Waals surface area contributed by atoms with Gasteiger partial charge in [0.25, 0.3) is 5.89 Å². The molecule has 0 aliphatic carbocycles. The standard InChI is InChI=1S/C9H13N3O2.ClH/c1-6-10-8(14-11-6)9(13)5-12-3-2-7(9)4-12;/h7,13H,2-5H2,1H3;1H. The van der Waals surface area contributed by atoms with Crippen LogP contribution in [0.15, 0.2) is 4.52 Å². The van der Waals surface area contributed by atoms with Crippen molar-refractivity contribution in [1.29, 1.82) is 0 Å². The zero-order chi connectivity index (χ0) is 9.76. The van der Waals surface area contributed by atoms with E-state index in [9.17, 15) is 5.11 Å². The zero-order valence-corrected chi connectivity index (χ0v) is 9.33. The van der Waals surface area contributed by atoms with Crippen LogP contribution in [-0.4, -0.2) is 39.8 Å². The third-order valence-electron chi connectivity index (χ3n) is 3.31. The van der Waals surface area contributed by atoms with Crippen molar-refractivity contribution in [2.45, 2.75) is 18.9 Å². The summed E-state index contributed by atoms with van der Waals surface area (Å²) in [4.78, 5) is 6.37. The highest BCUT2D eigenvalue weighted by Gasteiger charge is 2.53. The number of hydrogen-bond acceptors (Lipinski definition) is 5. The van der Waals surface area contributed by atoms with Crippen LogP contribution in [0.5, 0.6) is 0 Å². The van der Waals surface area contributed by atoms with E-state index in [1.54, 1.807) is 6.92 Å². The smallest absolute Gasteiger partial charge is 0.260 e. The van der Waals surface area contributed by atoms with Gasteiger partial charge in [-0.25, -0.2) is 0 Å². The number of halogens is 1. The van der Waals surface area contributed by atoms with Gasteiger partial charge >= 0.3 is 0 Å². The molecule has 0 aromatic carbocycles. The lowest BCUT2D eigenvalue weighted by Gasteiger charge is -2.28. The molecule has 2 aliphatic rings. The molecule has 0 amide bonds. The van der Waals surface area contributed by atoms with E-state index in [0.29, 0.717) is 18.3 Å². The second-order valence-corrected chi connectivity index (χ2v) is 4.29. The number of aromatic nitrogens is 2. The molecule has 1 aromatic heterocycles. The summed E-state index contributed by atoms with van der Waals surface area (Å²) in [5.41, 5.74) is -0.889. The Bertz CT molecular complexity index is 370. The van der Waals surface area contributed by atoms with Gasteiger partial charge < -0.3 is 9.63 Å². The summed E-state index contributed by atoms with van der Waals surface area (Å²) in [5, 5.41) is 14.2. The maximum Gasteiger partial charge on any atom is 0.260 e. The van der Waals surface area contributed by atoms with Crippen molar-refractivity contribution in [3.8, 4) is 0 Å². The quantitative estimate of drug-likeness (QED) is 0.755. The summed E-state index contributed by atoms with van der Waals surface area (Å²) in [5.74, 6) is 1.25. The Labute approximate surface area is 93.9 Å². The molecule has 6 heteroatoms. The molecular weight excluding hydrogens is 218 g/mol. The van der Waals surface area contributed by atoms with E-state index in [1.807, 2.05) is 0 Å². The first kappa shape index (κ1) is 10.9. The summed E-state index contributed by atoms with van der Waals surface area (Å²) in [6, 6.07) is 0. The molecule has 84 valence electrons. The number of aliphatic hydroxyl groups is 1. The lowest BCUT2D eigenvalue weighted by molar-refractivity contribution is -0.0369. The lowest BCUT2D eigenvalue weighted by atomic mass is 9.87. The molecule has 1 aromatic rings. The van der Waals surface area contributed by atoms with Crippen molar-refractivity contribution in [3.05, 3.63) is 11.7 Å². The molecule has 3 heterocycles. The Hall–Kier alpha value is -0.650. The van der Waals surface area contributed by atoms with Crippen LogP contribution in [0.1, 0.15) is 18.1 Å². The molecule has 15 heavy (non-hydrogen) atoms. The molecule has 0 saturated carbocycles. The third kappa shape index (κ3) is 1.46. The summed E-state index contributed by atoms with van der Waals surface area (Å²) in [7, 11) is 0. The van der Waals surface area contributed by atoms with Crippen LogP contribution >= 0.6 is 12.4 Å². The second-order valence-electron chi connectivity index (χ2n) is 4.29. The molecule has 0 spiro atoms. The van der Waals surface area contributed by atoms with Crippen molar-refractivity contribution < 1.29 is 9.63 Å². The van der Waals surface area contributed by atoms with Gasteiger partial charge in [0.2, 0.25) is 0 Å². The van der Waals surface area contributed by atoms with Crippen molar-refractivity contribution >= 4 is 12.4 Å². The van der Waals surface area contributed by atoms with Gasteiger partial charge in [-0.3, -0.25) is 4.90 Å². The second kappa shape index (κ2) is 3.43. The lowest BCUT2D eigenvalue weighted by Crippen LogP contribution is -2.39. The van der Waals surface area contributed by atoms with Gasteiger partial charge in [-0.1, -0.05) is 5.16 Å². The van der Waals surface area contributed by atoms with Gasteiger partial charge in [0.05, 0.1) is 0 Å². The predicted octanol–water partition coefficient (Wildman–Crippen LogP) is 0.323. The monoisotopic (exact) mass is 231 g/mol. The van der Waals surface area contributed by atoms with Crippen LogP contribution in [0.25, 0.3) is 0 Å². The van der Waals surface area contributed by atoms with Gasteiger partial charge in [-0.05, 0) is 19.9 Å². The van der Waals surface area contributed by atoms with Crippen molar-refractivity contribution in [2.75, 3.05) is 19.6 Å². The first-order valence-corrected chi connectivity index (χ1v) is 4.94. The largest absolute Gasteiger partial charge is 0.378 e. The van der Waals surface area contributed by atoms with E-state index in [4.69, 9.17) is 4.52 Å². The van der Waals surface area contributed by atoms with Gasteiger partial charge in [-0.2, -0.15) is 4.98 Å². The number of nitrogens with zero attached hydrogens (tertiary/aromatic N) is 3. The average molecular weight is 232 g/mol. The number of hydrogen-bond donors (Lipinski definition) is 1. The van der Waals surface area contributed by atoms with E-state index in [-0.39, 0.29) is 18.3 Å². The number of fused-ring (bicyclic) bond motifs is 2. The third-order valence-corrected chi connectivity index (χ3v) is 3.31. The minimum atomic E-state index is -0.889. The molecule has 1 N–H and O–H groups in total. The highest BCUT2D eigenvalue weighted by molar-refractivity contribution is 5.85. The molecule has 5 nitrogen and oxygen atoms in total. The van der Waals surface area contributed by atoms with Crippen LogP contribution in [-0.2, 0) is 5.60 Å². The molecule has 3 atom stereocenters. The summed E-state index contributed by atoms with van der Waals surface area (Å²) >= 11 is 0. The van der Waals surface area contributed by atoms with Gasteiger partial charge in [0.15, 0.2) is 11.4 Å². The van der Waals surface area contributed by atoms with Crippen LogP contribution in [0.4, 0.5) is 0 Å². The Morgan fingerprint density at radius 1 is 1.60 bits per heavy atom. The molecule has 2 fully saturated rings. The number of aryl methyl sites for hydroxylation is 1. The van der Waals surface area contributed by atoms with E-state index >= 15 is 0 Å². The Morgan fingerprint density at radius 2 is 2.40 bits per heavy atom. The van der Waals surface area contributed by atoms with Crippen LogP contribution in [0, 0.1) is 12.8 Å². The van der Waals surface area contributed by atoms with Crippen LogP contribution < -0.4 is 0 Å². The maximum absolute atomic E-state index is 10.4. The number of piperidine rings is 1. The molecule has 2 aliphatic heterocycles. The SMILES string of the molecule is Cc1noc(C2(O)CN3CCC2C3)n1.Cl. The highest BCUT2D eigenvalue weighted by atomic mass is 35.5. The topological polar surface area (TPSA) is 62.4 Å². The van der Waals surface area contributed by atoms with Crippen LogP contribution in [0.2, 0.25) is 0 Å². The fourth-order valence-electron chi connectivity index (χ4n) is 2.55. The van der Waals surface area contributed by atoms with Crippen molar-refractivity contribution in [2.24, 2.45) is 5.92 Å². The van der Waals surface area contributed by atoms with Crippen LogP contribution in [0.3, 0.4) is 0 Å². The van der Waals surface area contributed by atoms with E-state index < -0.39 is 5.60 Å². The highest BCUT2D eigenvalue weighted by Crippen LogP contribution is 2.42. The average Bonchev–Trinajstić information content (AvgIpc) is 2.78. The Morgan fingerprint density at radius 3 is 2.87 bits per heavy atom. The molecular formula is C9H14ClN3O2. The van der Waals surface area contributed by atoms with E-state index in [0.717, 1.165) is 19.5 Å². The zero-order valence-electron chi connectivity index (χ0n) is 8.51. The Kier molecular flexibility index (Phi) is 2.48. The minimum absolute atomic E-state index is 0. The molecule has 3 unspecified atom stereocenters. The summed E-state index contributed by atoms with van der Waals surface area (Å²) in [6.45, 7) is 4.45. The van der Waals surface area contributed by atoms with Gasteiger partial charge in [0, 0.05) is 19.0 Å². The summed E-state index contributed by atoms with van der Waals surface area (Å²) < 4.78 is 5.07. The fraction of sp³-hybridized carbons (Fsp3) is 0.778. The van der Waals surface area contributed by atoms with Crippen molar-refractivity contribution in [1.82, 2.24) is 15.0 Å². The minimum Gasteiger partial charge on any atom is -0.378 e. The normalized spacial score (nSPS) is 38.0. The first-order valence-electron chi connectivity index (χ1n) is 4.94. The Balaban J connectivity index is 0.000000853. The molecule has 3 rings (SSSR count). The van der Waals surface area contributed by atoms with Gasteiger partial charge in [0.1, 0.15) is 0 Å². The van der Waals surface area contributed by atoms with E-state index in [2.05, 4.69) is 15.0 Å². The summed E-state index contributed by atoms with van der Waals surface area (Å²) in [6.07, 6.45) is 1.03. The molecule has 0 radical (unpaired) electrons. The number of rotatable bonds is 1.